The van der Waals surface area contributed by atoms with Crippen molar-refractivity contribution < 1.29 is 18.0 Å². The minimum Gasteiger partial charge on any atom is -0.346 e. The monoisotopic (exact) mass is 237 g/mol. The van der Waals surface area contributed by atoms with E-state index < -0.39 is 33.6 Å². The van der Waals surface area contributed by atoms with Crippen LogP contribution in [0.3, 0.4) is 0 Å². The first-order valence-corrected chi connectivity index (χ1v) is 5.85. The van der Waals surface area contributed by atoms with E-state index in [2.05, 4.69) is 5.32 Å². The van der Waals surface area contributed by atoms with E-state index in [9.17, 15) is 18.0 Å². The Labute approximate surface area is 88.5 Å². The lowest BCUT2D eigenvalue weighted by atomic mass is 10.5. The molecule has 0 heterocycles. The van der Waals surface area contributed by atoms with Crippen LogP contribution >= 0.6 is 0 Å². The van der Waals surface area contributed by atoms with Gasteiger partial charge in [-0.15, -0.1) is 0 Å². The fourth-order valence-electron chi connectivity index (χ4n) is 0.564. The molecule has 0 spiro atoms. The Hall–Kier alpha value is -1.15. The Balaban J connectivity index is 4.11. The van der Waals surface area contributed by atoms with Gasteiger partial charge in [-0.3, -0.25) is 14.3 Å². The minimum atomic E-state index is -3.63. The van der Waals surface area contributed by atoms with Crippen molar-refractivity contribution in [1.29, 1.82) is 0 Å². The lowest BCUT2D eigenvalue weighted by Crippen LogP contribution is -2.43. The molecule has 7 nitrogen and oxygen atoms in total. The summed E-state index contributed by atoms with van der Waals surface area (Å²) in [5.41, 5.74) is 4.97. The third-order valence-corrected chi connectivity index (χ3v) is 3.26. The second kappa shape index (κ2) is 5.66. The quantitative estimate of drug-likeness (QED) is 0.507. The van der Waals surface area contributed by atoms with Crippen LogP contribution in [0, 0.1) is 0 Å². The van der Waals surface area contributed by atoms with Gasteiger partial charge in [-0.2, -0.15) is 0 Å². The summed E-state index contributed by atoms with van der Waals surface area (Å²) in [7, 11) is -3.63. The van der Waals surface area contributed by atoms with Crippen LogP contribution in [0.5, 0.6) is 0 Å². The molecule has 0 atom stereocenters. The molecule has 0 aliphatic rings. The van der Waals surface area contributed by atoms with Crippen LogP contribution in [-0.2, 0) is 19.6 Å². The molecule has 0 radical (unpaired) electrons. The largest absolute Gasteiger partial charge is 0.346 e. The second-order valence-corrected chi connectivity index (χ2v) is 5.34. The zero-order valence-corrected chi connectivity index (χ0v) is 9.43. The third kappa shape index (κ3) is 5.33. The molecular weight excluding hydrogens is 222 g/mol. The summed E-state index contributed by atoms with van der Waals surface area (Å²) in [6, 6.07) is 0. The van der Waals surface area contributed by atoms with Gasteiger partial charge in [-0.25, -0.2) is 8.42 Å². The highest BCUT2D eigenvalue weighted by Crippen LogP contribution is 1.94. The molecule has 0 fully saturated rings. The number of nitrogens with one attached hydrogen (secondary N) is 2. The molecule has 8 heteroatoms. The van der Waals surface area contributed by atoms with E-state index >= 15 is 0 Å². The van der Waals surface area contributed by atoms with E-state index in [0.717, 1.165) is 0 Å². The number of rotatable bonds is 5. The first-order valence-electron chi connectivity index (χ1n) is 4.31. The van der Waals surface area contributed by atoms with Gasteiger partial charge in [0.2, 0.25) is 15.9 Å². The highest BCUT2D eigenvalue weighted by atomic mass is 32.2. The SMILES string of the molecule is CC(C)S(=O)(=O)NC(=O)CNC(=O)CN. The molecule has 0 aliphatic carbocycles. The van der Waals surface area contributed by atoms with Gasteiger partial charge in [-0.1, -0.05) is 0 Å². The number of hydrogen-bond acceptors (Lipinski definition) is 5. The molecule has 0 aromatic heterocycles. The predicted octanol–water partition coefficient (Wildman–Crippen LogP) is -2.08. The Bertz CT molecular complexity index is 336. The van der Waals surface area contributed by atoms with E-state index in [1.807, 2.05) is 4.72 Å². The van der Waals surface area contributed by atoms with Crippen molar-refractivity contribution in [3.8, 4) is 0 Å². The Morgan fingerprint density at radius 3 is 2.20 bits per heavy atom. The maximum Gasteiger partial charge on any atom is 0.252 e. The zero-order valence-electron chi connectivity index (χ0n) is 8.61. The van der Waals surface area contributed by atoms with Gasteiger partial charge in [0, 0.05) is 0 Å². The molecule has 0 aromatic carbocycles. The highest BCUT2D eigenvalue weighted by molar-refractivity contribution is 7.90. The average molecular weight is 237 g/mol. The zero-order chi connectivity index (χ0) is 12.1. The van der Waals surface area contributed by atoms with Gasteiger partial charge in [0.25, 0.3) is 5.91 Å². The average Bonchev–Trinajstić information content (AvgIpc) is 2.13. The summed E-state index contributed by atoms with van der Waals surface area (Å²) in [6.07, 6.45) is 0. The van der Waals surface area contributed by atoms with Crippen molar-refractivity contribution in [1.82, 2.24) is 10.0 Å². The van der Waals surface area contributed by atoms with Crippen molar-refractivity contribution in [2.24, 2.45) is 5.73 Å². The minimum absolute atomic E-state index is 0.246. The van der Waals surface area contributed by atoms with Crippen LogP contribution in [0.4, 0.5) is 0 Å². The maximum absolute atomic E-state index is 11.2. The third-order valence-electron chi connectivity index (χ3n) is 1.51. The smallest absolute Gasteiger partial charge is 0.252 e. The molecular formula is C7H15N3O4S. The summed E-state index contributed by atoms with van der Waals surface area (Å²) >= 11 is 0. The summed E-state index contributed by atoms with van der Waals surface area (Å²) in [5, 5.41) is 1.45. The Morgan fingerprint density at radius 2 is 1.80 bits per heavy atom. The van der Waals surface area contributed by atoms with E-state index in [-0.39, 0.29) is 6.54 Å². The molecule has 15 heavy (non-hydrogen) atoms. The van der Waals surface area contributed by atoms with Gasteiger partial charge in [0.1, 0.15) is 0 Å². The van der Waals surface area contributed by atoms with Crippen molar-refractivity contribution in [2.45, 2.75) is 19.1 Å². The van der Waals surface area contributed by atoms with Crippen LogP contribution in [-0.4, -0.2) is 38.6 Å². The number of hydrogen-bond donors (Lipinski definition) is 3. The first-order chi connectivity index (χ1) is 6.79. The Morgan fingerprint density at radius 1 is 1.27 bits per heavy atom. The van der Waals surface area contributed by atoms with Crippen molar-refractivity contribution in [3.05, 3.63) is 0 Å². The molecule has 0 rings (SSSR count). The number of carbonyl (C=O) groups excluding carboxylic acids is 2. The second-order valence-electron chi connectivity index (χ2n) is 3.10. The fraction of sp³-hybridized carbons (Fsp3) is 0.714. The standard InChI is InChI=1S/C7H15N3O4S/c1-5(2)15(13,14)10-7(12)4-9-6(11)3-8/h5H,3-4,8H2,1-2H3,(H,9,11)(H,10,12). The number of sulfonamides is 1. The van der Waals surface area contributed by atoms with Crippen molar-refractivity contribution in [2.75, 3.05) is 13.1 Å². The van der Waals surface area contributed by atoms with Crippen LogP contribution in [0.15, 0.2) is 0 Å². The lowest BCUT2D eigenvalue weighted by Gasteiger charge is -2.09. The van der Waals surface area contributed by atoms with Gasteiger partial charge in [-0.05, 0) is 13.8 Å². The molecule has 0 unspecified atom stereocenters. The van der Waals surface area contributed by atoms with Gasteiger partial charge < -0.3 is 11.1 Å². The number of nitrogens with two attached hydrogens (primary N) is 1. The summed E-state index contributed by atoms with van der Waals surface area (Å²) in [6.45, 7) is 2.23. The van der Waals surface area contributed by atoms with Gasteiger partial charge in [0.15, 0.2) is 0 Å². The van der Waals surface area contributed by atoms with Crippen LogP contribution < -0.4 is 15.8 Å². The molecule has 0 aromatic rings. The van der Waals surface area contributed by atoms with Crippen molar-refractivity contribution >= 4 is 21.8 Å². The van der Waals surface area contributed by atoms with Crippen LogP contribution in [0.2, 0.25) is 0 Å². The molecule has 0 saturated carbocycles. The molecule has 88 valence electrons. The summed E-state index contributed by atoms with van der Waals surface area (Å²) in [4.78, 5) is 21.7. The van der Waals surface area contributed by atoms with Gasteiger partial charge in [0.05, 0.1) is 18.3 Å². The lowest BCUT2D eigenvalue weighted by molar-refractivity contribution is -0.124. The molecule has 4 N–H and O–H groups in total. The normalized spacial score (nSPS) is 11.2. The molecule has 0 bridgehead atoms. The molecule has 0 saturated heterocycles. The van der Waals surface area contributed by atoms with E-state index in [0.29, 0.717) is 0 Å². The fourth-order valence-corrected chi connectivity index (χ4v) is 1.19. The van der Waals surface area contributed by atoms with Crippen LogP contribution in [0.25, 0.3) is 0 Å². The molecule has 0 aliphatic heterocycles. The van der Waals surface area contributed by atoms with E-state index in [4.69, 9.17) is 5.73 Å². The van der Waals surface area contributed by atoms with E-state index in [1.54, 1.807) is 0 Å². The predicted molar refractivity (Wildman–Crippen MR) is 54.3 cm³/mol. The summed E-state index contributed by atoms with van der Waals surface area (Å²) in [5.74, 6) is -1.31. The summed E-state index contributed by atoms with van der Waals surface area (Å²) < 4.78 is 24.2. The Kier molecular flexibility index (Phi) is 5.23. The molecule has 2 amide bonds. The first kappa shape index (κ1) is 13.8. The van der Waals surface area contributed by atoms with Crippen molar-refractivity contribution in [3.63, 3.8) is 0 Å². The van der Waals surface area contributed by atoms with E-state index in [1.165, 1.54) is 13.8 Å². The van der Waals surface area contributed by atoms with Gasteiger partial charge >= 0.3 is 0 Å². The van der Waals surface area contributed by atoms with Crippen LogP contribution in [0.1, 0.15) is 13.8 Å². The topological polar surface area (TPSA) is 118 Å². The maximum atomic E-state index is 11.2. The number of carbonyl (C=O) groups is 2. The highest BCUT2D eigenvalue weighted by Gasteiger charge is 2.18. The number of amides is 2.